The number of hydrogen-bond donors (Lipinski definition) is 2. The minimum Gasteiger partial charge on any atom is -0.457 e. The number of nitrogens with one attached hydrogen (secondary N) is 1. The van der Waals surface area contributed by atoms with Crippen molar-refractivity contribution in [2.75, 3.05) is 77.8 Å². The number of para-hydroxylation sites is 1. The van der Waals surface area contributed by atoms with Crippen molar-refractivity contribution in [2.45, 2.75) is 76.5 Å². The van der Waals surface area contributed by atoms with Gasteiger partial charge < -0.3 is 44.5 Å². The van der Waals surface area contributed by atoms with Gasteiger partial charge in [0.1, 0.15) is 34.4 Å². The van der Waals surface area contributed by atoms with Gasteiger partial charge in [-0.25, -0.2) is 9.36 Å². The fourth-order valence-corrected chi connectivity index (χ4v) is 10.0. The standard InChI is InChI=1S/C52H61N9O10/c53-49(64)47-48(37-11-14-40(15-12-37)71-39-8-2-1-3-9-39)56-61-44(17-20-54-50(47)61)36-18-21-58(22-19-36)52(66)43-34-59(57-55-43)23-25-68-27-29-70-31-30-69-28-26-67-24-5-7-35-6-4-10-41-42(35)33-60(51(41)65)45-16-13-38(62)32-46(45)63/h1-4,6,8-12,14-15,34,36,44-45,54H,5,7,13,16-33H2,(H2,53,64)/t44-,45?/m0/s1. The highest BCUT2D eigenvalue weighted by Crippen LogP contribution is 2.40. The second kappa shape index (κ2) is 23.4. The van der Waals surface area contributed by atoms with Crippen molar-refractivity contribution in [3.8, 4) is 22.8 Å². The number of ketones is 2. The number of hydrogen-bond acceptors (Lipinski definition) is 14. The third kappa shape index (κ3) is 11.9. The van der Waals surface area contributed by atoms with E-state index in [1.165, 1.54) is 0 Å². The van der Waals surface area contributed by atoms with E-state index in [9.17, 15) is 24.0 Å². The quantitative estimate of drug-likeness (QED) is 0.0628. The molecule has 3 aromatic carbocycles. The van der Waals surface area contributed by atoms with Crippen molar-refractivity contribution in [3.63, 3.8) is 0 Å². The molecule has 0 spiro atoms. The Hall–Kier alpha value is -6.80. The van der Waals surface area contributed by atoms with E-state index in [4.69, 9.17) is 34.5 Å². The summed E-state index contributed by atoms with van der Waals surface area (Å²) in [7, 11) is 0. The van der Waals surface area contributed by atoms with Crippen molar-refractivity contribution in [3.05, 3.63) is 107 Å². The van der Waals surface area contributed by atoms with E-state index in [-0.39, 0.29) is 41.8 Å². The van der Waals surface area contributed by atoms with Gasteiger partial charge in [0.25, 0.3) is 17.7 Å². The van der Waals surface area contributed by atoms with Crippen LogP contribution >= 0.6 is 0 Å². The highest BCUT2D eigenvalue weighted by atomic mass is 16.6. The maximum Gasteiger partial charge on any atom is 0.276 e. The average molecular weight is 972 g/mol. The van der Waals surface area contributed by atoms with Gasteiger partial charge in [0.15, 0.2) is 11.5 Å². The largest absolute Gasteiger partial charge is 0.457 e. The molecule has 71 heavy (non-hydrogen) atoms. The number of nitrogens with zero attached hydrogens (tertiary/aromatic N) is 7. The molecule has 5 heterocycles. The lowest BCUT2D eigenvalue weighted by molar-refractivity contribution is -0.133. The van der Waals surface area contributed by atoms with E-state index in [0.717, 1.165) is 54.5 Å². The van der Waals surface area contributed by atoms with E-state index < -0.39 is 11.9 Å². The number of amides is 3. The predicted molar refractivity (Wildman–Crippen MR) is 259 cm³/mol. The summed E-state index contributed by atoms with van der Waals surface area (Å²) < 4.78 is 32.3. The SMILES string of the molecule is NC(=O)c1c(-c2ccc(Oc3ccccc3)cc2)nn2c1NCC[C@H]2C1CCN(C(=O)c2cn(CCOCCOCCOCCOCCCc3cccc4c3CN(C3CCC(=O)CC3=O)C4=O)nn2)CC1. The summed E-state index contributed by atoms with van der Waals surface area (Å²) in [4.78, 5) is 67.1. The summed E-state index contributed by atoms with van der Waals surface area (Å²) in [5.74, 6) is 1.23. The Kier molecular flexibility index (Phi) is 16.2. The molecule has 0 radical (unpaired) electrons. The number of ether oxygens (including phenoxy) is 5. The van der Waals surface area contributed by atoms with Crippen LogP contribution in [0.2, 0.25) is 0 Å². The molecule has 374 valence electrons. The Morgan fingerprint density at radius 2 is 1.48 bits per heavy atom. The van der Waals surface area contributed by atoms with Crippen LogP contribution in [0.4, 0.5) is 5.82 Å². The van der Waals surface area contributed by atoms with Crippen molar-refractivity contribution in [2.24, 2.45) is 11.7 Å². The van der Waals surface area contributed by atoms with Crippen molar-refractivity contribution in [1.29, 1.82) is 0 Å². The lowest BCUT2D eigenvalue weighted by Crippen LogP contribution is -2.44. The smallest absolute Gasteiger partial charge is 0.276 e. The van der Waals surface area contributed by atoms with Gasteiger partial charge in [0, 0.05) is 50.3 Å². The Morgan fingerprint density at radius 1 is 0.775 bits per heavy atom. The normalized spacial score (nSPS) is 18.1. The topological polar surface area (TPSA) is 225 Å². The number of piperidine rings is 1. The molecule has 4 aliphatic rings. The minimum absolute atomic E-state index is 0.0372. The third-order valence-corrected chi connectivity index (χ3v) is 13.7. The number of anilines is 1. The van der Waals surface area contributed by atoms with Gasteiger partial charge in [0.2, 0.25) is 0 Å². The molecular formula is C52H61N9O10. The van der Waals surface area contributed by atoms with Gasteiger partial charge in [0.05, 0.1) is 77.5 Å². The zero-order chi connectivity index (χ0) is 49.1. The molecule has 3 amide bonds. The van der Waals surface area contributed by atoms with Crippen LogP contribution in [0.1, 0.15) is 93.3 Å². The van der Waals surface area contributed by atoms with Gasteiger partial charge in [-0.15, -0.1) is 5.10 Å². The number of rotatable bonds is 23. The first-order chi connectivity index (χ1) is 34.7. The number of carbonyl (C=O) groups is 5. The maximum atomic E-state index is 13.5. The van der Waals surface area contributed by atoms with E-state index >= 15 is 0 Å². The molecule has 9 rings (SSSR count). The molecule has 1 aliphatic carbocycles. The number of Topliss-reactive ketones (excluding diaryl/α,β-unsaturated/α-hetero) is 2. The van der Waals surface area contributed by atoms with E-state index in [2.05, 4.69) is 15.6 Å². The zero-order valence-electron chi connectivity index (χ0n) is 39.9. The first kappa shape index (κ1) is 49.2. The number of carbonyl (C=O) groups excluding carboxylic acids is 5. The Balaban J connectivity index is 0.620. The molecule has 2 atom stereocenters. The Labute approximate surface area is 411 Å². The maximum absolute atomic E-state index is 13.5. The molecule has 2 aromatic heterocycles. The Morgan fingerprint density at radius 3 is 2.20 bits per heavy atom. The summed E-state index contributed by atoms with van der Waals surface area (Å²) in [6, 6.07) is 22.2. The first-order valence-electron chi connectivity index (χ1n) is 24.7. The predicted octanol–water partition coefficient (Wildman–Crippen LogP) is 5.29. The summed E-state index contributed by atoms with van der Waals surface area (Å²) in [6.45, 7) is 6.15. The minimum atomic E-state index is -0.546. The average Bonchev–Trinajstić information content (AvgIpc) is 4.12. The molecule has 0 bridgehead atoms. The van der Waals surface area contributed by atoms with Crippen LogP contribution in [0.25, 0.3) is 11.3 Å². The van der Waals surface area contributed by atoms with Crippen LogP contribution in [-0.4, -0.2) is 142 Å². The third-order valence-electron chi connectivity index (χ3n) is 13.7. The van der Waals surface area contributed by atoms with Gasteiger partial charge in [-0.3, -0.25) is 24.0 Å². The second-order valence-electron chi connectivity index (χ2n) is 18.3. The van der Waals surface area contributed by atoms with Crippen LogP contribution in [0.5, 0.6) is 11.5 Å². The van der Waals surface area contributed by atoms with Gasteiger partial charge in [-0.2, -0.15) is 5.10 Å². The zero-order valence-corrected chi connectivity index (χ0v) is 39.9. The number of aromatic nitrogens is 5. The van der Waals surface area contributed by atoms with Crippen LogP contribution in [-0.2, 0) is 48.0 Å². The molecule has 19 nitrogen and oxygen atoms in total. The molecule has 1 unspecified atom stereocenters. The van der Waals surface area contributed by atoms with Gasteiger partial charge in [-0.1, -0.05) is 35.5 Å². The molecular weight excluding hydrogens is 911 g/mol. The molecule has 1 saturated carbocycles. The fraction of sp³-hybridized carbons (Fsp3) is 0.462. The number of likely N-dealkylation sites (tertiary alicyclic amines) is 1. The fourth-order valence-electron chi connectivity index (χ4n) is 10.0. The molecule has 2 fully saturated rings. The number of fused-ring (bicyclic) bond motifs is 2. The van der Waals surface area contributed by atoms with Crippen LogP contribution in [0.15, 0.2) is 79.0 Å². The number of aryl methyl sites for hydroxylation is 1. The molecule has 3 N–H and O–H groups in total. The highest BCUT2D eigenvalue weighted by molar-refractivity contribution is 6.07. The monoisotopic (exact) mass is 971 g/mol. The molecule has 3 aliphatic heterocycles. The van der Waals surface area contributed by atoms with E-state index in [0.29, 0.717) is 133 Å². The molecule has 1 saturated heterocycles. The van der Waals surface area contributed by atoms with Crippen LogP contribution < -0.4 is 15.8 Å². The van der Waals surface area contributed by atoms with Crippen LogP contribution in [0, 0.1) is 5.92 Å². The van der Waals surface area contributed by atoms with Gasteiger partial charge in [-0.05, 0) is 98.0 Å². The molecule has 19 heteroatoms. The number of benzene rings is 3. The number of primary amides is 1. The van der Waals surface area contributed by atoms with Crippen LogP contribution in [0.3, 0.4) is 0 Å². The van der Waals surface area contributed by atoms with Crippen molar-refractivity contribution >= 4 is 35.1 Å². The van der Waals surface area contributed by atoms with E-state index in [1.807, 2.05) is 82.4 Å². The van der Waals surface area contributed by atoms with Gasteiger partial charge >= 0.3 is 0 Å². The summed E-state index contributed by atoms with van der Waals surface area (Å²) in [5.41, 5.74) is 10.6. The molecule has 5 aromatic rings. The Bertz CT molecular complexity index is 2660. The first-order valence-corrected chi connectivity index (χ1v) is 24.7. The second-order valence-corrected chi connectivity index (χ2v) is 18.3. The number of nitrogens with two attached hydrogens (primary N) is 1. The van der Waals surface area contributed by atoms with Crippen molar-refractivity contribution < 1.29 is 47.7 Å². The summed E-state index contributed by atoms with van der Waals surface area (Å²) in [6.07, 6.45) is 6.23. The lowest BCUT2D eigenvalue weighted by Gasteiger charge is -2.38. The van der Waals surface area contributed by atoms with E-state index in [1.54, 1.807) is 15.8 Å². The highest BCUT2D eigenvalue weighted by Gasteiger charge is 2.40. The summed E-state index contributed by atoms with van der Waals surface area (Å²) in [5, 5.41) is 16.7. The summed E-state index contributed by atoms with van der Waals surface area (Å²) >= 11 is 0. The lowest BCUT2D eigenvalue weighted by atomic mass is 9.86. The van der Waals surface area contributed by atoms with Crippen molar-refractivity contribution in [1.82, 2.24) is 34.6 Å².